The Bertz CT molecular complexity index is 2470. The fourth-order valence-corrected chi connectivity index (χ4v) is 9.01. The van der Waals surface area contributed by atoms with Crippen molar-refractivity contribution in [1.29, 1.82) is 0 Å². The van der Waals surface area contributed by atoms with Crippen LogP contribution in [0.5, 0.6) is 0 Å². The monoisotopic (exact) mass is 1380 g/mol. The second kappa shape index (κ2) is 54.8. The summed E-state index contributed by atoms with van der Waals surface area (Å²) in [6.45, 7) is 1.17. The molecular weight excluding hydrogens is 1270 g/mol. The molecule has 35 heteroatoms. The highest BCUT2D eigenvalue weighted by molar-refractivity contribution is 5.90. The minimum Gasteiger partial charge on any atom is -0.481 e. The Morgan fingerprint density at radius 3 is 0.865 bits per heavy atom. The van der Waals surface area contributed by atoms with Crippen LogP contribution in [0.4, 0.5) is 0 Å². The van der Waals surface area contributed by atoms with Gasteiger partial charge in [0.1, 0.15) is 43.4 Å². The number of rotatable bonds is 63. The highest BCUT2D eigenvalue weighted by atomic mass is 16.5. The summed E-state index contributed by atoms with van der Waals surface area (Å²) < 4.78 is 21.1. The largest absolute Gasteiger partial charge is 0.481 e. The molecule has 16 N–H and O–H groups in total. The normalized spacial score (nSPS) is 12.8. The number of carbonyl (C=O) groups excluding carboxylic acids is 10. The first-order valence-electron chi connectivity index (χ1n) is 32.4. The number of carbonyl (C=O) groups is 16. The van der Waals surface area contributed by atoms with E-state index in [1.807, 2.05) is 0 Å². The Hall–Kier alpha value is -8.44. The zero-order chi connectivity index (χ0) is 72.1. The van der Waals surface area contributed by atoms with E-state index in [-0.39, 0.29) is 117 Å². The van der Waals surface area contributed by atoms with E-state index in [1.165, 1.54) is 6.92 Å². The summed E-state index contributed by atoms with van der Waals surface area (Å²) in [5, 5.41) is 75.6. The molecule has 0 aromatic rings. The molecule has 0 bridgehead atoms. The maximum atomic E-state index is 12.7. The molecule has 0 spiro atoms. The number of amides is 9. The van der Waals surface area contributed by atoms with E-state index in [0.29, 0.717) is 6.42 Å². The lowest BCUT2D eigenvalue weighted by molar-refractivity contribution is -0.144. The van der Waals surface area contributed by atoms with Gasteiger partial charge in [0, 0.05) is 64.5 Å². The van der Waals surface area contributed by atoms with Gasteiger partial charge in [0.2, 0.25) is 53.2 Å². The molecule has 0 saturated heterocycles. The third-order valence-corrected chi connectivity index (χ3v) is 14.4. The summed E-state index contributed by atoms with van der Waals surface area (Å²) in [4.78, 5) is 192. The number of hydrogen-bond donors (Lipinski definition) is 15. The van der Waals surface area contributed by atoms with Gasteiger partial charge in [-0.2, -0.15) is 0 Å². The topological polar surface area (TPSA) is 554 Å². The van der Waals surface area contributed by atoms with Crippen molar-refractivity contribution in [2.45, 2.75) is 223 Å². The number of ether oxygens (including phenoxy) is 4. The van der Waals surface area contributed by atoms with Gasteiger partial charge >= 0.3 is 35.8 Å². The van der Waals surface area contributed by atoms with Crippen molar-refractivity contribution >= 4 is 94.8 Å². The predicted octanol–water partition coefficient (Wildman–Crippen LogP) is -0.301. The van der Waals surface area contributed by atoms with Crippen molar-refractivity contribution in [1.82, 2.24) is 42.5 Å². The number of Topliss-reactive ketones (excluding diaryl/α,β-unsaturated/α-hetero) is 1. The van der Waals surface area contributed by atoms with E-state index in [1.54, 1.807) is 0 Å². The molecule has 546 valence electrons. The average Bonchev–Trinajstić information content (AvgIpc) is 1.42. The van der Waals surface area contributed by atoms with Gasteiger partial charge in [-0.05, 0) is 58.3 Å². The molecule has 96 heavy (non-hydrogen) atoms. The van der Waals surface area contributed by atoms with Crippen molar-refractivity contribution in [3.63, 3.8) is 0 Å². The van der Waals surface area contributed by atoms with E-state index in [2.05, 4.69) is 42.5 Å². The lowest BCUT2D eigenvalue weighted by Crippen LogP contribution is -2.46. The molecule has 0 aromatic carbocycles. The summed E-state index contributed by atoms with van der Waals surface area (Å²) in [6, 6.07) is -9.03. The van der Waals surface area contributed by atoms with Crippen molar-refractivity contribution in [3.05, 3.63) is 0 Å². The Morgan fingerprint density at radius 2 is 0.552 bits per heavy atom. The number of aliphatic carboxylic acids is 6. The van der Waals surface area contributed by atoms with Gasteiger partial charge in [-0.15, -0.1) is 0 Å². The second-order valence-corrected chi connectivity index (χ2v) is 22.6. The van der Waals surface area contributed by atoms with Crippen molar-refractivity contribution in [2.24, 2.45) is 5.73 Å². The fourth-order valence-electron chi connectivity index (χ4n) is 9.01. The molecule has 9 amide bonds. The molecule has 0 heterocycles. The molecule has 0 radical (unpaired) electrons. The Labute approximate surface area is 556 Å². The number of unbranched alkanes of at least 4 members (excludes halogenated alkanes) is 13. The lowest BCUT2D eigenvalue weighted by atomic mass is 10.0. The summed E-state index contributed by atoms with van der Waals surface area (Å²) in [7, 11) is 0. The predicted molar refractivity (Wildman–Crippen MR) is 336 cm³/mol. The highest BCUT2D eigenvalue weighted by Crippen LogP contribution is 2.15. The first-order valence-corrected chi connectivity index (χ1v) is 32.4. The molecular formula is C61H101N9O26. The molecule has 0 aromatic heterocycles. The van der Waals surface area contributed by atoms with E-state index in [0.717, 1.165) is 83.5 Å². The van der Waals surface area contributed by atoms with Crippen LogP contribution in [0.2, 0.25) is 0 Å². The van der Waals surface area contributed by atoms with Crippen LogP contribution in [0.3, 0.4) is 0 Å². The number of nitrogens with two attached hydrogens (primary N) is 1. The van der Waals surface area contributed by atoms with Gasteiger partial charge in [0.25, 0.3) is 0 Å². The molecule has 0 rings (SSSR count). The Kier molecular flexibility index (Phi) is 50.0. The molecule has 0 unspecified atom stereocenters. The first-order chi connectivity index (χ1) is 45.6. The third kappa shape index (κ3) is 50.1. The molecule has 6 atom stereocenters. The van der Waals surface area contributed by atoms with E-state index in [9.17, 15) is 102 Å². The highest BCUT2D eigenvalue weighted by Gasteiger charge is 2.29. The first kappa shape index (κ1) is 87.6. The molecule has 0 saturated carbocycles. The molecule has 0 aliphatic carbocycles. The minimum absolute atomic E-state index is 0.00731. The van der Waals surface area contributed by atoms with Crippen LogP contribution >= 0.6 is 0 Å². The van der Waals surface area contributed by atoms with Crippen LogP contribution in [-0.2, 0) is 95.7 Å². The lowest BCUT2D eigenvalue weighted by Gasteiger charge is -2.19. The Morgan fingerprint density at radius 1 is 0.292 bits per heavy atom. The molecule has 0 aliphatic rings. The number of ketones is 1. The fraction of sp³-hybridized carbons (Fsp3) is 0.738. The smallest absolute Gasteiger partial charge is 0.326 e. The van der Waals surface area contributed by atoms with Gasteiger partial charge in [0.15, 0.2) is 5.78 Å². The third-order valence-electron chi connectivity index (χ3n) is 14.4. The van der Waals surface area contributed by atoms with E-state index in [4.69, 9.17) is 29.8 Å². The van der Waals surface area contributed by atoms with Crippen LogP contribution < -0.4 is 48.3 Å². The van der Waals surface area contributed by atoms with Crippen molar-refractivity contribution < 1.29 is 126 Å². The number of carboxylic acid groups (broad SMARTS) is 6. The number of nitrogens with one attached hydrogen (secondary N) is 8. The van der Waals surface area contributed by atoms with Crippen LogP contribution in [0.25, 0.3) is 0 Å². The quantitative estimate of drug-likeness (QED) is 0.0348. The summed E-state index contributed by atoms with van der Waals surface area (Å²) in [6.07, 6.45) is 8.78. The maximum Gasteiger partial charge on any atom is 0.326 e. The van der Waals surface area contributed by atoms with E-state index >= 15 is 0 Å². The molecule has 0 fully saturated rings. The van der Waals surface area contributed by atoms with Crippen LogP contribution in [-0.4, -0.2) is 228 Å². The number of hydrogen-bond acceptors (Lipinski definition) is 20. The van der Waals surface area contributed by atoms with Gasteiger partial charge in [-0.3, -0.25) is 52.7 Å². The number of primary amides is 1. The zero-order valence-corrected chi connectivity index (χ0v) is 54.8. The number of carboxylic acids is 6. The maximum absolute atomic E-state index is 12.7. The average molecular weight is 1380 g/mol. The summed E-state index contributed by atoms with van der Waals surface area (Å²) >= 11 is 0. The Balaban J connectivity index is 4.54. The van der Waals surface area contributed by atoms with Gasteiger partial charge in [-0.25, -0.2) is 24.0 Å². The van der Waals surface area contributed by atoms with Crippen molar-refractivity contribution in [2.75, 3.05) is 65.9 Å². The van der Waals surface area contributed by atoms with Gasteiger partial charge < -0.3 is 97.9 Å². The SMILES string of the molecule is CC(=O)[C@H](CCC(N)=O)NC(=O)COCCOCCNC(=O)COCCOCCNC(=O)CC[C@@H](NC(=O)CC[C@H](NC(=O)CC[C@@H](NC(=O)CC[C@H](NC(=O)CC[C@@H](NC(=O)CCCCCCCCCCCCCCCCC(=O)O)C(=O)O)C(=O)O)C(=O)O)C(=O)O)C(=O)O. The van der Waals surface area contributed by atoms with E-state index < -0.39 is 170 Å². The standard InChI is InChI=1S/C61H101N9O26/c1-40(71)41(18-24-47(62)72)65-55(80)39-96-37-35-94-33-31-64-54(79)38-95-36-34-93-32-30-63-48(73)25-19-42(57(83)84)67-50(75)27-21-44(59(87)88)69-52(77)29-23-46(61(91)92)70-53(78)28-22-45(60(89)90)68-51(76)26-20-43(58(85)86)66-49(74)16-14-12-10-8-6-4-2-3-5-7-9-11-13-15-17-56(81)82/h41-46H,2-39H2,1H3,(H2,62,72)(H,63,73)(H,64,79)(H,65,80)(H,66,74)(H,67,75)(H,68,76)(H,69,77)(H,70,78)(H,81,82)(H,83,84)(H,85,86)(H,87,88)(H,89,90)(H,91,92)/t41-,42+,43+,44-,45-,46+/m0/s1. The second-order valence-electron chi connectivity index (χ2n) is 22.6. The van der Waals surface area contributed by atoms with Crippen LogP contribution in [0.1, 0.15) is 187 Å². The molecule has 35 nitrogen and oxygen atoms in total. The van der Waals surface area contributed by atoms with Crippen molar-refractivity contribution in [3.8, 4) is 0 Å². The van der Waals surface area contributed by atoms with Crippen LogP contribution in [0.15, 0.2) is 0 Å². The summed E-state index contributed by atoms with van der Waals surface area (Å²) in [5.41, 5.74) is 5.08. The zero-order valence-electron chi connectivity index (χ0n) is 54.8. The summed E-state index contributed by atoms with van der Waals surface area (Å²) in [5.74, 6) is -15.4. The minimum atomic E-state index is -1.74. The van der Waals surface area contributed by atoms with Gasteiger partial charge in [0.05, 0.1) is 45.7 Å². The van der Waals surface area contributed by atoms with Crippen LogP contribution in [0, 0.1) is 0 Å². The molecule has 0 aliphatic heterocycles. The van der Waals surface area contributed by atoms with Gasteiger partial charge in [-0.1, -0.05) is 77.0 Å².